The Morgan fingerprint density at radius 3 is 2.39 bits per heavy atom. The van der Waals surface area contributed by atoms with Crippen molar-refractivity contribution in [2.45, 2.75) is 25.8 Å². The fraction of sp³-hybridized carbons (Fsp3) is 0.308. The molecule has 0 fully saturated rings. The number of hydrogen-bond donors (Lipinski definition) is 1. The second-order valence-electron chi connectivity index (χ2n) is 8.02. The molecule has 5 nitrogen and oxygen atoms in total. The largest absolute Gasteiger partial charge is 0.503 e. The molecule has 0 radical (unpaired) electrons. The van der Waals surface area contributed by atoms with Gasteiger partial charge in [-0.1, -0.05) is 67.6 Å². The van der Waals surface area contributed by atoms with Gasteiger partial charge < -0.3 is 14.9 Å². The Balaban J connectivity index is 1.93. The Hall–Kier alpha value is -3.18. The van der Waals surface area contributed by atoms with Crippen LogP contribution in [0.4, 0.5) is 0 Å². The van der Waals surface area contributed by atoms with E-state index in [-0.39, 0.29) is 11.4 Å². The molecule has 5 heteroatoms. The third kappa shape index (κ3) is 5.30. The van der Waals surface area contributed by atoms with E-state index < -0.39 is 17.7 Å². The Morgan fingerprint density at radius 2 is 1.77 bits per heavy atom. The highest BCUT2D eigenvalue weighted by atomic mass is 16.3. The summed E-state index contributed by atoms with van der Waals surface area (Å²) in [7, 11) is 3.96. The van der Waals surface area contributed by atoms with Gasteiger partial charge in [0.05, 0.1) is 11.6 Å². The SMILES string of the molecule is CCc1ccc(C2C(C(=O)C=Cc3ccccc3)=C(O)C(=O)N2CCCN(C)C)cc1. The van der Waals surface area contributed by atoms with Crippen molar-refractivity contribution in [1.82, 2.24) is 9.80 Å². The average molecular weight is 419 g/mol. The lowest BCUT2D eigenvalue weighted by Gasteiger charge is -2.27. The van der Waals surface area contributed by atoms with Crippen molar-refractivity contribution in [3.8, 4) is 0 Å². The van der Waals surface area contributed by atoms with Crippen LogP contribution in [0.5, 0.6) is 0 Å². The number of allylic oxidation sites excluding steroid dienone is 1. The van der Waals surface area contributed by atoms with E-state index in [1.165, 1.54) is 11.6 Å². The first-order valence-electron chi connectivity index (χ1n) is 10.7. The number of amides is 1. The zero-order valence-electron chi connectivity index (χ0n) is 18.4. The molecule has 1 atom stereocenters. The van der Waals surface area contributed by atoms with Crippen molar-refractivity contribution in [3.05, 3.63) is 88.7 Å². The summed E-state index contributed by atoms with van der Waals surface area (Å²) in [5.41, 5.74) is 3.03. The topological polar surface area (TPSA) is 60.9 Å². The molecule has 2 aromatic carbocycles. The van der Waals surface area contributed by atoms with Crippen molar-refractivity contribution in [2.24, 2.45) is 0 Å². The second kappa shape index (κ2) is 10.2. The van der Waals surface area contributed by atoms with Crippen molar-refractivity contribution in [1.29, 1.82) is 0 Å². The van der Waals surface area contributed by atoms with Gasteiger partial charge in [0.25, 0.3) is 5.91 Å². The van der Waals surface area contributed by atoms with Crippen LogP contribution in [-0.4, -0.2) is 53.8 Å². The van der Waals surface area contributed by atoms with E-state index in [4.69, 9.17) is 0 Å². The molecule has 0 aliphatic carbocycles. The summed E-state index contributed by atoms with van der Waals surface area (Å²) in [4.78, 5) is 29.7. The van der Waals surface area contributed by atoms with Gasteiger partial charge in [-0.05, 0) is 56.2 Å². The molecule has 3 rings (SSSR count). The maximum atomic E-state index is 13.1. The van der Waals surface area contributed by atoms with Gasteiger partial charge in [-0.25, -0.2) is 0 Å². The molecule has 2 aromatic rings. The van der Waals surface area contributed by atoms with Gasteiger partial charge >= 0.3 is 0 Å². The molecule has 1 aliphatic rings. The smallest absolute Gasteiger partial charge is 0.290 e. The van der Waals surface area contributed by atoms with Gasteiger partial charge in [-0.3, -0.25) is 9.59 Å². The molecule has 1 amide bonds. The zero-order chi connectivity index (χ0) is 22.4. The number of hydrogen-bond acceptors (Lipinski definition) is 4. The van der Waals surface area contributed by atoms with Crippen LogP contribution in [0.15, 0.2) is 72.0 Å². The van der Waals surface area contributed by atoms with E-state index in [0.717, 1.165) is 30.5 Å². The van der Waals surface area contributed by atoms with Crippen LogP contribution >= 0.6 is 0 Å². The first kappa shape index (κ1) is 22.5. The minimum atomic E-state index is -0.589. The minimum Gasteiger partial charge on any atom is -0.503 e. The summed E-state index contributed by atoms with van der Waals surface area (Å²) in [6, 6.07) is 16.8. The van der Waals surface area contributed by atoms with E-state index >= 15 is 0 Å². The third-order valence-corrected chi connectivity index (χ3v) is 5.50. The fourth-order valence-corrected chi connectivity index (χ4v) is 3.80. The molecule has 0 aromatic heterocycles. The van der Waals surface area contributed by atoms with Crippen molar-refractivity contribution >= 4 is 17.8 Å². The molecule has 0 saturated heterocycles. The number of aryl methyl sites for hydroxylation is 1. The lowest BCUT2D eigenvalue weighted by atomic mass is 9.94. The van der Waals surface area contributed by atoms with Crippen LogP contribution in [0, 0.1) is 0 Å². The van der Waals surface area contributed by atoms with Crippen LogP contribution in [0.25, 0.3) is 6.08 Å². The fourth-order valence-electron chi connectivity index (χ4n) is 3.80. The number of rotatable bonds is 9. The summed E-state index contributed by atoms with van der Waals surface area (Å²) < 4.78 is 0. The highest BCUT2D eigenvalue weighted by molar-refractivity contribution is 6.14. The van der Waals surface area contributed by atoms with E-state index in [1.807, 2.05) is 73.6 Å². The molecular weight excluding hydrogens is 388 g/mol. The summed E-state index contributed by atoms with van der Waals surface area (Å²) in [6.07, 6.45) is 4.80. The van der Waals surface area contributed by atoms with Crippen molar-refractivity contribution in [3.63, 3.8) is 0 Å². The molecule has 0 spiro atoms. The number of nitrogens with zero attached hydrogens (tertiary/aromatic N) is 2. The van der Waals surface area contributed by atoms with Crippen LogP contribution < -0.4 is 0 Å². The Morgan fingerprint density at radius 1 is 1.10 bits per heavy atom. The maximum Gasteiger partial charge on any atom is 0.290 e. The molecule has 162 valence electrons. The van der Waals surface area contributed by atoms with Gasteiger partial charge in [0.1, 0.15) is 0 Å². The van der Waals surface area contributed by atoms with Gasteiger partial charge in [-0.15, -0.1) is 0 Å². The number of carbonyl (C=O) groups is 2. The normalized spacial score (nSPS) is 16.7. The van der Waals surface area contributed by atoms with Gasteiger partial charge in [0.2, 0.25) is 0 Å². The van der Waals surface area contributed by atoms with E-state index in [2.05, 4.69) is 6.92 Å². The molecule has 31 heavy (non-hydrogen) atoms. The molecule has 1 N–H and O–H groups in total. The molecular formula is C26H30N2O3. The minimum absolute atomic E-state index is 0.145. The molecule has 1 heterocycles. The third-order valence-electron chi connectivity index (χ3n) is 5.50. The molecule has 1 aliphatic heterocycles. The number of aliphatic hydroxyl groups excluding tert-OH is 1. The first-order chi connectivity index (χ1) is 14.9. The number of benzene rings is 2. The predicted octanol–water partition coefficient (Wildman–Crippen LogP) is 4.18. The highest BCUT2D eigenvalue weighted by Crippen LogP contribution is 2.38. The lowest BCUT2D eigenvalue weighted by molar-refractivity contribution is -0.129. The van der Waals surface area contributed by atoms with Crippen LogP contribution in [0.2, 0.25) is 0 Å². The predicted molar refractivity (Wildman–Crippen MR) is 124 cm³/mol. The van der Waals surface area contributed by atoms with Crippen molar-refractivity contribution in [2.75, 3.05) is 27.2 Å². The molecule has 1 unspecified atom stereocenters. The van der Waals surface area contributed by atoms with Crippen LogP contribution in [0.1, 0.15) is 36.1 Å². The monoisotopic (exact) mass is 418 g/mol. The summed E-state index contributed by atoms with van der Waals surface area (Å²) >= 11 is 0. The Labute approximate surface area is 184 Å². The van der Waals surface area contributed by atoms with Gasteiger partial charge in [0.15, 0.2) is 11.5 Å². The quantitative estimate of drug-likeness (QED) is 0.621. The van der Waals surface area contributed by atoms with Gasteiger partial charge in [0, 0.05) is 6.54 Å². The average Bonchev–Trinajstić information content (AvgIpc) is 3.03. The standard InChI is InChI=1S/C26H30N2O3/c1-4-19-11-14-21(15-12-19)24-23(22(29)16-13-20-9-6-5-7-10-20)25(30)26(31)28(24)18-8-17-27(2)3/h5-7,9-16,24,30H,4,8,17-18H2,1-3H3. The second-order valence-corrected chi connectivity index (χ2v) is 8.02. The van der Waals surface area contributed by atoms with Crippen LogP contribution in [0.3, 0.4) is 0 Å². The zero-order valence-corrected chi connectivity index (χ0v) is 18.4. The highest BCUT2D eigenvalue weighted by Gasteiger charge is 2.42. The van der Waals surface area contributed by atoms with E-state index in [9.17, 15) is 14.7 Å². The summed E-state index contributed by atoms with van der Waals surface area (Å²) in [5, 5.41) is 10.7. The van der Waals surface area contributed by atoms with E-state index in [0.29, 0.717) is 6.54 Å². The molecule has 0 bridgehead atoms. The summed E-state index contributed by atoms with van der Waals surface area (Å²) in [6.45, 7) is 3.35. The Kier molecular flexibility index (Phi) is 7.42. The number of carbonyl (C=O) groups excluding carboxylic acids is 2. The van der Waals surface area contributed by atoms with Gasteiger partial charge in [-0.2, -0.15) is 0 Å². The number of aliphatic hydroxyl groups is 1. The van der Waals surface area contributed by atoms with E-state index in [1.54, 1.807) is 11.0 Å². The lowest BCUT2D eigenvalue weighted by Crippen LogP contribution is -2.33. The first-order valence-corrected chi connectivity index (χ1v) is 10.7. The maximum absolute atomic E-state index is 13.1. The summed E-state index contributed by atoms with van der Waals surface area (Å²) in [5.74, 6) is -1.29. The Bertz CT molecular complexity index is 975. The van der Waals surface area contributed by atoms with Crippen LogP contribution in [-0.2, 0) is 16.0 Å². The number of ketones is 1. The van der Waals surface area contributed by atoms with Crippen molar-refractivity contribution < 1.29 is 14.7 Å². The molecule has 0 saturated carbocycles.